The lowest BCUT2D eigenvalue weighted by Gasteiger charge is -2.22. The Morgan fingerprint density at radius 1 is 1.17 bits per heavy atom. The van der Waals surface area contributed by atoms with Crippen molar-refractivity contribution in [2.45, 2.75) is 26.7 Å². The highest BCUT2D eigenvalue weighted by molar-refractivity contribution is 5.86. The van der Waals surface area contributed by atoms with E-state index < -0.39 is 5.41 Å². The zero-order chi connectivity index (χ0) is 17.0. The average Bonchev–Trinajstić information content (AvgIpc) is 2.58. The first-order chi connectivity index (χ1) is 10.9. The molecule has 1 unspecified atom stereocenters. The fraction of sp³-hybridized carbons (Fsp3) is 0.421. The molecule has 4 nitrogen and oxygen atoms in total. The van der Waals surface area contributed by atoms with Gasteiger partial charge in [0.25, 0.3) is 0 Å². The summed E-state index contributed by atoms with van der Waals surface area (Å²) >= 11 is 0. The lowest BCUT2D eigenvalue weighted by atomic mass is 9.95. The Kier molecular flexibility index (Phi) is 5.26. The quantitative estimate of drug-likeness (QED) is 0.829. The number of fused-ring (bicyclic) bond motifs is 1. The van der Waals surface area contributed by atoms with E-state index in [9.17, 15) is 9.90 Å². The van der Waals surface area contributed by atoms with Crippen LogP contribution in [-0.2, 0) is 9.53 Å². The molecule has 0 amide bonds. The zero-order valence-corrected chi connectivity index (χ0v) is 14.1. The van der Waals surface area contributed by atoms with Gasteiger partial charge in [-0.25, -0.2) is 0 Å². The van der Waals surface area contributed by atoms with Gasteiger partial charge in [-0.3, -0.25) is 4.79 Å². The summed E-state index contributed by atoms with van der Waals surface area (Å²) in [7, 11) is 1.64. The molecule has 0 saturated heterocycles. The molecule has 23 heavy (non-hydrogen) atoms. The van der Waals surface area contributed by atoms with E-state index in [2.05, 4.69) is 0 Å². The maximum absolute atomic E-state index is 12.2. The van der Waals surface area contributed by atoms with Gasteiger partial charge in [-0.2, -0.15) is 0 Å². The molecular weight excluding hydrogens is 292 g/mol. The monoisotopic (exact) mass is 316 g/mol. The maximum Gasteiger partial charge on any atom is 0.313 e. The third-order valence-electron chi connectivity index (χ3n) is 3.96. The van der Waals surface area contributed by atoms with E-state index in [1.165, 1.54) is 0 Å². The van der Waals surface area contributed by atoms with Crippen LogP contribution in [0.3, 0.4) is 0 Å². The molecule has 0 saturated carbocycles. The van der Waals surface area contributed by atoms with Gasteiger partial charge < -0.3 is 14.6 Å². The van der Waals surface area contributed by atoms with E-state index in [0.717, 1.165) is 22.1 Å². The van der Waals surface area contributed by atoms with Crippen molar-refractivity contribution in [1.82, 2.24) is 0 Å². The molecule has 0 aliphatic rings. The highest BCUT2D eigenvalue weighted by atomic mass is 16.5. The lowest BCUT2D eigenvalue weighted by molar-refractivity contribution is -0.148. The summed E-state index contributed by atoms with van der Waals surface area (Å²) in [6, 6.07) is 11.8. The Hall–Kier alpha value is -2.07. The molecule has 2 rings (SSSR count). The van der Waals surface area contributed by atoms with Crippen LogP contribution < -0.4 is 4.74 Å². The molecule has 4 heteroatoms. The van der Waals surface area contributed by atoms with Gasteiger partial charge in [0.1, 0.15) is 5.75 Å². The average molecular weight is 316 g/mol. The molecule has 0 heterocycles. The van der Waals surface area contributed by atoms with E-state index >= 15 is 0 Å². The normalized spacial score (nSPS) is 12.9. The number of carbonyl (C=O) groups excluding carboxylic acids is 1. The Morgan fingerprint density at radius 2 is 1.83 bits per heavy atom. The Labute approximate surface area is 137 Å². The smallest absolute Gasteiger partial charge is 0.313 e. The number of aliphatic hydroxyl groups is 1. The molecule has 0 radical (unpaired) electrons. The van der Waals surface area contributed by atoms with Gasteiger partial charge in [0.15, 0.2) is 0 Å². The second kappa shape index (κ2) is 7.01. The number of ether oxygens (including phenoxy) is 2. The predicted molar refractivity (Wildman–Crippen MR) is 90.7 cm³/mol. The molecule has 124 valence electrons. The summed E-state index contributed by atoms with van der Waals surface area (Å²) < 4.78 is 10.6. The van der Waals surface area contributed by atoms with Crippen molar-refractivity contribution in [3.63, 3.8) is 0 Å². The summed E-state index contributed by atoms with van der Waals surface area (Å²) in [6.45, 7) is 5.73. The van der Waals surface area contributed by atoms with Crippen LogP contribution in [0, 0.1) is 5.41 Å². The van der Waals surface area contributed by atoms with Crippen molar-refractivity contribution in [2.24, 2.45) is 5.41 Å². The van der Waals surface area contributed by atoms with Crippen molar-refractivity contribution in [2.75, 3.05) is 20.3 Å². The van der Waals surface area contributed by atoms with E-state index in [1.807, 2.05) is 57.2 Å². The molecule has 0 spiro atoms. The molecule has 0 bridgehead atoms. The largest absolute Gasteiger partial charge is 0.497 e. The fourth-order valence-electron chi connectivity index (χ4n) is 2.21. The highest BCUT2D eigenvalue weighted by Gasteiger charge is 2.22. The zero-order valence-electron chi connectivity index (χ0n) is 14.1. The molecule has 0 aliphatic heterocycles. The maximum atomic E-state index is 12.2. The number of esters is 1. The van der Waals surface area contributed by atoms with Crippen LogP contribution in [0.25, 0.3) is 10.8 Å². The van der Waals surface area contributed by atoms with Crippen LogP contribution in [0.2, 0.25) is 0 Å². The van der Waals surface area contributed by atoms with Crippen LogP contribution >= 0.6 is 0 Å². The number of hydrogen-bond donors (Lipinski definition) is 1. The predicted octanol–water partition coefficient (Wildman–Crippen LogP) is 3.51. The number of rotatable bonds is 6. The minimum absolute atomic E-state index is 0.0214. The molecule has 0 fully saturated rings. The van der Waals surface area contributed by atoms with Crippen LogP contribution in [0.1, 0.15) is 32.3 Å². The van der Waals surface area contributed by atoms with Crippen LogP contribution in [-0.4, -0.2) is 31.4 Å². The number of carbonyl (C=O) groups is 1. The van der Waals surface area contributed by atoms with Crippen molar-refractivity contribution in [3.05, 3.63) is 42.0 Å². The SMILES string of the molecule is COc1ccc2cc(C(C)C(=O)OCC(C)(C)CO)ccc2c1. The van der Waals surface area contributed by atoms with E-state index in [0.29, 0.717) is 0 Å². The molecule has 1 atom stereocenters. The highest BCUT2D eigenvalue weighted by Crippen LogP contribution is 2.26. The van der Waals surface area contributed by atoms with Crippen molar-refractivity contribution in [1.29, 1.82) is 0 Å². The minimum atomic E-state index is -0.421. The molecule has 2 aromatic carbocycles. The number of hydrogen-bond acceptors (Lipinski definition) is 4. The Bertz CT molecular complexity index is 691. The van der Waals surface area contributed by atoms with Crippen molar-refractivity contribution >= 4 is 16.7 Å². The first-order valence-corrected chi connectivity index (χ1v) is 7.71. The Morgan fingerprint density at radius 3 is 2.48 bits per heavy atom. The van der Waals surface area contributed by atoms with Gasteiger partial charge in [0.05, 0.1) is 26.2 Å². The van der Waals surface area contributed by atoms with Crippen LogP contribution in [0.15, 0.2) is 36.4 Å². The van der Waals surface area contributed by atoms with Crippen LogP contribution in [0.5, 0.6) is 5.75 Å². The molecular formula is C19H24O4. The summed E-state index contributed by atoms with van der Waals surface area (Å²) in [6.07, 6.45) is 0. The van der Waals surface area contributed by atoms with Gasteiger partial charge in [-0.1, -0.05) is 38.1 Å². The molecule has 1 N–H and O–H groups in total. The summed E-state index contributed by atoms with van der Waals surface area (Å²) in [5.74, 6) is 0.180. The number of aliphatic hydroxyl groups excluding tert-OH is 1. The third kappa shape index (κ3) is 4.23. The van der Waals surface area contributed by atoms with Gasteiger partial charge in [-0.15, -0.1) is 0 Å². The third-order valence-corrected chi connectivity index (χ3v) is 3.96. The molecule has 0 aliphatic carbocycles. The fourth-order valence-corrected chi connectivity index (χ4v) is 2.21. The van der Waals surface area contributed by atoms with E-state index in [-0.39, 0.29) is 25.1 Å². The molecule has 0 aromatic heterocycles. The first-order valence-electron chi connectivity index (χ1n) is 7.71. The van der Waals surface area contributed by atoms with E-state index in [4.69, 9.17) is 9.47 Å². The van der Waals surface area contributed by atoms with Gasteiger partial charge in [0, 0.05) is 5.41 Å². The van der Waals surface area contributed by atoms with E-state index in [1.54, 1.807) is 7.11 Å². The second-order valence-electron chi connectivity index (χ2n) is 6.62. The van der Waals surface area contributed by atoms with Gasteiger partial charge >= 0.3 is 5.97 Å². The van der Waals surface area contributed by atoms with Crippen molar-refractivity contribution < 1.29 is 19.4 Å². The van der Waals surface area contributed by atoms with Crippen LogP contribution in [0.4, 0.5) is 0 Å². The topological polar surface area (TPSA) is 55.8 Å². The summed E-state index contributed by atoms with van der Waals surface area (Å²) in [5.41, 5.74) is 0.490. The molecule has 2 aromatic rings. The second-order valence-corrected chi connectivity index (χ2v) is 6.62. The Balaban J connectivity index is 2.14. The number of methoxy groups -OCH3 is 1. The summed E-state index contributed by atoms with van der Waals surface area (Å²) in [5, 5.41) is 11.3. The lowest BCUT2D eigenvalue weighted by Crippen LogP contribution is -2.27. The van der Waals surface area contributed by atoms with Gasteiger partial charge in [-0.05, 0) is 35.4 Å². The van der Waals surface area contributed by atoms with Crippen molar-refractivity contribution in [3.8, 4) is 5.75 Å². The minimum Gasteiger partial charge on any atom is -0.497 e. The summed E-state index contributed by atoms with van der Waals surface area (Å²) in [4.78, 5) is 12.2. The standard InChI is InChI=1S/C19H24O4/c1-13(18(21)23-12-19(2,3)11-20)14-5-6-16-10-17(22-4)8-7-15(16)9-14/h5-10,13,20H,11-12H2,1-4H3. The first kappa shape index (κ1) is 17.3. The number of benzene rings is 2. The van der Waals surface area contributed by atoms with Gasteiger partial charge in [0.2, 0.25) is 0 Å².